The minimum absolute atomic E-state index is 0.00442. The molecule has 0 spiro atoms. The number of carbonyl (C=O) groups is 4. The van der Waals surface area contributed by atoms with Gasteiger partial charge in [-0.2, -0.15) is 0 Å². The van der Waals surface area contributed by atoms with Crippen LogP contribution in [0.4, 0.5) is 21.0 Å². The standard InChI is InChI=1S/C61H69N7O12S2/c1-37-27-49(58-65(21-25-77-58)60(71)79-35-39(3)81-82-55-19-11-12-20-64-55)67(33-37)56(69)44-29-51(73-4)53(31-47(44)62)75-23-13-6-14-24-76-54-32-48(63)45(30-52(54)74-5)57(70)68-34-38(2)28-50(68)59-66(22-26-78-59)61(72)80-36-46-42-17-9-7-15-40(42)41-16-8-10-18-43(41)46/h7-12,15-20,29-32,39,46,49-50,58-59H,1-2,6,13-14,21-28,33-36,62-63H2,3-5H3/t39?,49-,50-,58?,59?/m0/s1. The molecule has 4 aliphatic heterocycles. The molecule has 432 valence electrons. The number of amides is 4. The van der Waals surface area contributed by atoms with Crippen LogP contribution in [0.2, 0.25) is 0 Å². The van der Waals surface area contributed by atoms with Gasteiger partial charge in [-0.15, -0.1) is 0 Å². The molecule has 0 saturated carbocycles. The summed E-state index contributed by atoms with van der Waals surface area (Å²) in [5.41, 5.74) is 20.2. The molecule has 4 saturated heterocycles. The summed E-state index contributed by atoms with van der Waals surface area (Å²) in [5, 5.41) is 0.865. The third-order valence-electron chi connectivity index (χ3n) is 15.2. The Hall–Kier alpha value is -7.59. The number of carbonyl (C=O) groups excluding carboxylic acids is 4. The van der Waals surface area contributed by atoms with Gasteiger partial charge in [-0.25, -0.2) is 14.6 Å². The molecule has 10 rings (SSSR count). The third-order valence-corrected chi connectivity index (χ3v) is 18.0. The zero-order chi connectivity index (χ0) is 57.4. The van der Waals surface area contributed by atoms with E-state index in [1.54, 1.807) is 56.0 Å². The quantitative estimate of drug-likeness (QED) is 0.0302. The molecule has 4 fully saturated rings. The van der Waals surface area contributed by atoms with Crippen molar-refractivity contribution in [2.75, 3.05) is 91.5 Å². The van der Waals surface area contributed by atoms with Crippen LogP contribution in [0.15, 0.2) is 127 Å². The van der Waals surface area contributed by atoms with E-state index in [-0.39, 0.29) is 71.8 Å². The Morgan fingerprint density at radius 2 is 1.16 bits per heavy atom. The fourth-order valence-electron chi connectivity index (χ4n) is 11.2. The third kappa shape index (κ3) is 12.6. The van der Waals surface area contributed by atoms with E-state index in [2.05, 4.69) is 42.4 Å². The Kier molecular flexibility index (Phi) is 18.4. The summed E-state index contributed by atoms with van der Waals surface area (Å²) in [5.74, 6) is 0.645. The van der Waals surface area contributed by atoms with E-state index in [0.29, 0.717) is 88.2 Å². The normalized spacial score (nSPS) is 19.7. The number of benzene rings is 4. The lowest BCUT2D eigenvalue weighted by molar-refractivity contribution is -0.0211. The first-order valence-electron chi connectivity index (χ1n) is 27.5. The molecular weight excluding hydrogens is 1090 g/mol. The molecule has 0 radical (unpaired) electrons. The second kappa shape index (κ2) is 26.1. The number of unbranched alkanes of at least 4 members (excludes halogenated alkanes) is 2. The van der Waals surface area contributed by atoms with Gasteiger partial charge in [-0.3, -0.25) is 19.4 Å². The first-order valence-corrected chi connectivity index (χ1v) is 29.7. The summed E-state index contributed by atoms with van der Waals surface area (Å²) in [7, 11) is 6.08. The van der Waals surface area contributed by atoms with Crippen LogP contribution in [0.1, 0.15) is 76.8 Å². The molecule has 4 amide bonds. The summed E-state index contributed by atoms with van der Waals surface area (Å²) in [6.07, 6.45) is 2.16. The van der Waals surface area contributed by atoms with Crippen LogP contribution >= 0.6 is 21.6 Å². The van der Waals surface area contributed by atoms with Crippen LogP contribution < -0.4 is 30.4 Å². The average Bonchev–Trinajstić information content (AvgIpc) is 4.47. The van der Waals surface area contributed by atoms with Gasteiger partial charge in [0.1, 0.15) is 18.2 Å². The lowest BCUT2D eigenvalue weighted by Gasteiger charge is -2.33. The van der Waals surface area contributed by atoms with E-state index < -0.39 is 36.7 Å². The molecule has 5 aliphatic rings. The van der Waals surface area contributed by atoms with Gasteiger partial charge < -0.3 is 59.2 Å². The molecule has 4 aromatic carbocycles. The number of nitrogen functional groups attached to an aromatic ring is 2. The van der Waals surface area contributed by atoms with Crippen LogP contribution in [-0.2, 0) is 18.9 Å². The molecule has 5 heterocycles. The molecule has 82 heavy (non-hydrogen) atoms. The van der Waals surface area contributed by atoms with E-state index in [1.807, 2.05) is 49.4 Å². The van der Waals surface area contributed by atoms with Crippen molar-refractivity contribution in [2.45, 2.75) is 79.8 Å². The summed E-state index contributed by atoms with van der Waals surface area (Å²) in [4.78, 5) is 66.7. The minimum Gasteiger partial charge on any atom is -0.493 e. The van der Waals surface area contributed by atoms with E-state index in [0.717, 1.165) is 44.8 Å². The van der Waals surface area contributed by atoms with Crippen LogP contribution in [-0.4, -0.2) is 158 Å². The highest BCUT2D eigenvalue weighted by atomic mass is 33.1. The van der Waals surface area contributed by atoms with Crippen LogP contribution in [0.5, 0.6) is 23.0 Å². The molecule has 5 aromatic rings. The van der Waals surface area contributed by atoms with Crippen molar-refractivity contribution < 1.29 is 57.1 Å². The predicted molar refractivity (Wildman–Crippen MR) is 313 cm³/mol. The molecule has 4 N–H and O–H groups in total. The van der Waals surface area contributed by atoms with E-state index in [4.69, 9.17) is 49.4 Å². The Morgan fingerprint density at radius 3 is 1.66 bits per heavy atom. The number of likely N-dealkylation sites (tertiary alicyclic amines) is 2. The highest BCUT2D eigenvalue weighted by Crippen LogP contribution is 2.45. The highest BCUT2D eigenvalue weighted by molar-refractivity contribution is 8.76. The molecule has 1 aliphatic carbocycles. The maximum atomic E-state index is 14.4. The number of fused-ring (bicyclic) bond motifs is 3. The van der Waals surface area contributed by atoms with Crippen LogP contribution in [0, 0.1) is 0 Å². The number of nitrogens with two attached hydrogens (primary N) is 2. The van der Waals surface area contributed by atoms with Gasteiger partial charge >= 0.3 is 12.2 Å². The van der Waals surface area contributed by atoms with Gasteiger partial charge in [-0.1, -0.05) is 89.7 Å². The van der Waals surface area contributed by atoms with Gasteiger partial charge in [0.05, 0.1) is 76.9 Å². The predicted octanol–water partition coefficient (Wildman–Crippen LogP) is 9.66. The van der Waals surface area contributed by atoms with Crippen molar-refractivity contribution in [3.05, 3.63) is 144 Å². The van der Waals surface area contributed by atoms with Gasteiger partial charge in [0.25, 0.3) is 11.8 Å². The van der Waals surface area contributed by atoms with Gasteiger partial charge in [-0.05, 0) is 96.3 Å². The van der Waals surface area contributed by atoms with E-state index in [9.17, 15) is 19.2 Å². The van der Waals surface area contributed by atoms with Crippen molar-refractivity contribution in [1.29, 1.82) is 0 Å². The van der Waals surface area contributed by atoms with Gasteiger partial charge in [0, 0.05) is 54.0 Å². The molecule has 19 nitrogen and oxygen atoms in total. The summed E-state index contributed by atoms with van der Waals surface area (Å²) >= 11 is 0. The summed E-state index contributed by atoms with van der Waals surface area (Å²) < 4.78 is 47.7. The van der Waals surface area contributed by atoms with Crippen molar-refractivity contribution in [1.82, 2.24) is 24.6 Å². The summed E-state index contributed by atoms with van der Waals surface area (Å²) in [6, 6.07) is 27.4. The van der Waals surface area contributed by atoms with Crippen molar-refractivity contribution in [3.63, 3.8) is 0 Å². The average molecular weight is 1160 g/mol. The van der Waals surface area contributed by atoms with Crippen molar-refractivity contribution >= 4 is 57.0 Å². The highest BCUT2D eigenvalue weighted by Gasteiger charge is 2.47. The van der Waals surface area contributed by atoms with Crippen LogP contribution in [0.3, 0.4) is 0 Å². The number of pyridine rings is 1. The van der Waals surface area contributed by atoms with Crippen LogP contribution in [0.25, 0.3) is 11.1 Å². The van der Waals surface area contributed by atoms with Gasteiger partial charge in [0.15, 0.2) is 35.5 Å². The number of anilines is 2. The fraction of sp³-hybridized carbons (Fsp3) is 0.393. The largest absolute Gasteiger partial charge is 0.493 e. The Morgan fingerprint density at radius 1 is 0.659 bits per heavy atom. The summed E-state index contributed by atoms with van der Waals surface area (Å²) in [6.45, 7) is 13.1. The number of ether oxygens (including phenoxy) is 8. The maximum absolute atomic E-state index is 14.4. The zero-order valence-electron chi connectivity index (χ0n) is 46.3. The molecule has 21 heteroatoms. The topological polar surface area (TPSA) is 220 Å². The number of methoxy groups -OCH3 is 2. The second-order valence-corrected chi connectivity index (χ2v) is 23.5. The lowest BCUT2D eigenvalue weighted by atomic mass is 9.98. The number of aromatic nitrogens is 1. The Balaban J connectivity index is 0.690. The minimum atomic E-state index is -0.748. The zero-order valence-corrected chi connectivity index (χ0v) is 48.0. The molecule has 5 atom stereocenters. The first-order chi connectivity index (χ1) is 39.8. The van der Waals surface area contributed by atoms with Crippen molar-refractivity contribution in [3.8, 4) is 34.1 Å². The van der Waals surface area contributed by atoms with E-state index >= 15 is 0 Å². The number of hydrogen-bond acceptors (Lipinski definition) is 17. The Bertz CT molecular complexity index is 3140. The van der Waals surface area contributed by atoms with Gasteiger partial charge in [0.2, 0.25) is 0 Å². The number of rotatable bonds is 21. The SMILES string of the molecule is C=C1C[C@@H](C2OCCN2C(=O)OCC(C)SSc2ccccn2)N(C(=O)c2cc(OC)c(OCCCCCOc3cc(N)c(C(=O)N4CC(=C)C[C@H]4C4OCCN4C(=O)OCC4c5ccccc5-c5ccccc54)cc3OC)cc2N)C1. The molecule has 1 aromatic heterocycles. The molecule has 3 unspecified atom stereocenters. The smallest absolute Gasteiger partial charge is 0.412 e. The number of hydrogen-bond donors (Lipinski definition) is 2. The monoisotopic (exact) mass is 1160 g/mol. The first kappa shape index (κ1) is 57.6. The molecular formula is C61H69N7O12S2. The number of nitrogens with zero attached hydrogens (tertiary/aromatic N) is 5. The van der Waals surface area contributed by atoms with Crippen molar-refractivity contribution in [2.24, 2.45) is 0 Å². The lowest BCUT2D eigenvalue weighted by Crippen LogP contribution is -2.51. The van der Waals surface area contributed by atoms with E-state index in [1.165, 1.54) is 29.9 Å². The maximum Gasteiger partial charge on any atom is 0.412 e. The molecule has 0 bridgehead atoms. The Labute approximate surface area is 485 Å². The second-order valence-electron chi connectivity index (χ2n) is 20.8. The fourth-order valence-corrected chi connectivity index (χ4v) is 13.1.